The van der Waals surface area contributed by atoms with Gasteiger partial charge in [-0.15, -0.1) is 6.58 Å². The SMILES string of the molecule is C=CCc1ccc(OCC(=O)Nc2cccc(N3CCCC3)c2)c(OC)c1. The quantitative estimate of drug-likeness (QED) is 0.717. The Morgan fingerprint density at radius 3 is 2.74 bits per heavy atom. The highest BCUT2D eigenvalue weighted by molar-refractivity contribution is 5.92. The fourth-order valence-electron chi connectivity index (χ4n) is 3.22. The van der Waals surface area contributed by atoms with Crippen LogP contribution in [0.5, 0.6) is 11.5 Å². The fourth-order valence-corrected chi connectivity index (χ4v) is 3.22. The number of nitrogens with one attached hydrogen (secondary N) is 1. The highest BCUT2D eigenvalue weighted by Crippen LogP contribution is 2.28. The first-order valence-electron chi connectivity index (χ1n) is 9.25. The fraction of sp³-hybridized carbons (Fsp3) is 0.318. The standard InChI is InChI=1S/C22H26N2O3/c1-3-7-17-10-11-20(21(14-17)26-2)27-16-22(25)23-18-8-6-9-19(15-18)24-12-4-5-13-24/h3,6,8-11,14-15H,1,4-5,7,12-13,16H2,2H3,(H,23,25). The Kier molecular flexibility index (Phi) is 6.36. The summed E-state index contributed by atoms with van der Waals surface area (Å²) in [5, 5.41) is 2.90. The first-order chi connectivity index (χ1) is 13.2. The van der Waals surface area contributed by atoms with Crippen LogP contribution in [-0.2, 0) is 11.2 Å². The summed E-state index contributed by atoms with van der Waals surface area (Å²) in [6.45, 7) is 5.80. The normalized spacial score (nSPS) is 13.3. The van der Waals surface area contributed by atoms with Gasteiger partial charge >= 0.3 is 0 Å². The summed E-state index contributed by atoms with van der Waals surface area (Å²) >= 11 is 0. The van der Waals surface area contributed by atoms with Crippen LogP contribution in [0.3, 0.4) is 0 Å². The molecule has 0 aromatic heterocycles. The van der Waals surface area contributed by atoms with E-state index in [1.54, 1.807) is 7.11 Å². The molecule has 1 amide bonds. The highest BCUT2D eigenvalue weighted by atomic mass is 16.5. The second-order valence-corrected chi connectivity index (χ2v) is 6.56. The second kappa shape index (κ2) is 9.12. The maximum atomic E-state index is 12.3. The molecule has 27 heavy (non-hydrogen) atoms. The van der Waals surface area contributed by atoms with Gasteiger partial charge in [-0.25, -0.2) is 0 Å². The Morgan fingerprint density at radius 2 is 2.00 bits per heavy atom. The monoisotopic (exact) mass is 366 g/mol. The summed E-state index contributed by atoms with van der Waals surface area (Å²) in [6, 6.07) is 13.6. The van der Waals surface area contributed by atoms with Crippen molar-refractivity contribution in [2.45, 2.75) is 19.3 Å². The summed E-state index contributed by atoms with van der Waals surface area (Å²) in [4.78, 5) is 14.6. The number of rotatable bonds is 8. The van der Waals surface area contributed by atoms with Crippen LogP contribution in [0, 0.1) is 0 Å². The van der Waals surface area contributed by atoms with Crippen molar-refractivity contribution in [1.29, 1.82) is 0 Å². The van der Waals surface area contributed by atoms with Crippen molar-refractivity contribution in [2.75, 3.05) is 37.0 Å². The molecule has 2 aromatic carbocycles. The summed E-state index contributed by atoms with van der Waals surface area (Å²) in [5.74, 6) is 0.954. The lowest BCUT2D eigenvalue weighted by Gasteiger charge is -2.18. The van der Waals surface area contributed by atoms with E-state index in [1.807, 2.05) is 42.5 Å². The van der Waals surface area contributed by atoms with E-state index >= 15 is 0 Å². The third kappa shape index (κ3) is 5.03. The van der Waals surface area contributed by atoms with Gasteiger partial charge in [0.2, 0.25) is 0 Å². The molecular formula is C22H26N2O3. The molecule has 0 aliphatic carbocycles. The van der Waals surface area contributed by atoms with Crippen LogP contribution in [0.1, 0.15) is 18.4 Å². The molecule has 0 saturated carbocycles. The van der Waals surface area contributed by atoms with Crippen molar-refractivity contribution in [3.05, 3.63) is 60.7 Å². The number of carbonyl (C=O) groups is 1. The van der Waals surface area contributed by atoms with Gasteiger partial charge in [-0.2, -0.15) is 0 Å². The average Bonchev–Trinajstić information content (AvgIpc) is 3.22. The molecule has 0 radical (unpaired) electrons. The highest BCUT2D eigenvalue weighted by Gasteiger charge is 2.13. The van der Waals surface area contributed by atoms with Crippen molar-refractivity contribution in [2.24, 2.45) is 0 Å². The number of carbonyl (C=O) groups excluding carboxylic acids is 1. The van der Waals surface area contributed by atoms with Crippen molar-refractivity contribution in [3.8, 4) is 11.5 Å². The zero-order valence-corrected chi connectivity index (χ0v) is 15.7. The minimum atomic E-state index is -0.203. The largest absolute Gasteiger partial charge is 0.493 e. The van der Waals surface area contributed by atoms with Crippen molar-refractivity contribution >= 4 is 17.3 Å². The Balaban J connectivity index is 1.58. The number of anilines is 2. The maximum absolute atomic E-state index is 12.3. The van der Waals surface area contributed by atoms with Crippen LogP contribution in [0.2, 0.25) is 0 Å². The number of hydrogen-bond donors (Lipinski definition) is 1. The molecule has 1 aliphatic rings. The van der Waals surface area contributed by atoms with Gasteiger partial charge in [-0.3, -0.25) is 4.79 Å². The maximum Gasteiger partial charge on any atom is 0.262 e. The summed E-state index contributed by atoms with van der Waals surface area (Å²) < 4.78 is 11.0. The summed E-state index contributed by atoms with van der Waals surface area (Å²) in [7, 11) is 1.59. The Bertz CT molecular complexity index is 798. The molecule has 142 valence electrons. The summed E-state index contributed by atoms with van der Waals surface area (Å²) in [6.07, 6.45) is 5.03. The number of nitrogens with zero attached hydrogens (tertiary/aromatic N) is 1. The minimum absolute atomic E-state index is 0.0783. The third-order valence-corrected chi connectivity index (χ3v) is 4.57. The molecule has 1 heterocycles. The number of allylic oxidation sites excluding steroid dienone is 1. The molecular weight excluding hydrogens is 340 g/mol. The number of benzene rings is 2. The molecule has 1 saturated heterocycles. The lowest BCUT2D eigenvalue weighted by atomic mass is 10.1. The van der Waals surface area contributed by atoms with E-state index in [4.69, 9.17) is 9.47 Å². The second-order valence-electron chi connectivity index (χ2n) is 6.56. The van der Waals surface area contributed by atoms with E-state index in [1.165, 1.54) is 12.8 Å². The van der Waals surface area contributed by atoms with E-state index < -0.39 is 0 Å². The lowest BCUT2D eigenvalue weighted by Crippen LogP contribution is -2.21. The topological polar surface area (TPSA) is 50.8 Å². The Labute approximate surface area is 160 Å². The molecule has 0 atom stereocenters. The van der Waals surface area contributed by atoms with Gasteiger partial charge < -0.3 is 19.7 Å². The lowest BCUT2D eigenvalue weighted by molar-refractivity contribution is -0.118. The number of amides is 1. The van der Waals surface area contributed by atoms with Gasteiger partial charge in [0.1, 0.15) is 0 Å². The van der Waals surface area contributed by atoms with Gasteiger partial charge in [0, 0.05) is 24.5 Å². The smallest absolute Gasteiger partial charge is 0.262 e. The molecule has 1 N–H and O–H groups in total. The first kappa shape index (κ1) is 18.8. The van der Waals surface area contributed by atoms with E-state index in [0.717, 1.165) is 36.4 Å². The molecule has 0 unspecified atom stereocenters. The van der Waals surface area contributed by atoms with E-state index in [-0.39, 0.29) is 12.5 Å². The van der Waals surface area contributed by atoms with Crippen molar-refractivity contribution < 1.29 is 14.3 Å². The van der Waals surface area contributed by atoms with Crippen LogP contribution in [0.4, 0.5) is 11.4 Å². The van der Waals surface area contributed by atoms with Crippen LogP contribution in [-0.4, -0.2) is 32.7 Å². The van der Waals surface area contributed by atoms with Gasteiger partial charge in [-0.05, 0) is 55.2 Å². The number of ether oxygens (including phenoxy) is 2. The molecule has 3 rings (SSSR count). The van der Waals surface area contributed by atoms with Crippen LogP contribution < -0.4 is 19.7 Å². The molecule has 1 aliphatic heterocycles. The Hall–Kier alpha value is -2.95. The van der Waals surface area contributed by atoms with Gasteiger partial charge in [0.15, 0.2) is 18.1 Å². The molecule has 0 spiro atoms. The van der Waals surface area contributed by atoms with Gasteiger partial charge in [0.25, 0.3) is 5.91 Å². The predicted octanol–water partition coefficient (Wildman–Crippen LogP) is 4.04. The molecule has 0 bridgehead atoms. The van der Waals surface area contributed by atoms with Crippen LogP contribution in [0.25, 0.3) is 0 Å². The van der Waals surface area contributed by atoms with Gasteiger partial charge in [0.05, 0.1) is 7.11 Å². The Morgan fingerprint density at radius 1 is 1.19 bits per heavy atom. The number of methoxy groups -OCH3 is 1. The zero-order chi connectivity index (χ0) is 19.1. The van der Waals surface area contributed by atoms with Gasteiger partial charge in [-0.1, -0.05) is 18.2 Å². The number of hydrogen-bond acceptors (Lipinski definition) is 4. The van der Waals surface area contributed by atoms with E-state index in [0.29, 0.717) is 11.5 Å². The average molecular weight is 366 g/mol. The summed E-state index contributed by atoms with van der Waals surface area (Å²) in [5.41, 5.74) is 3.00. The van der Waals surface area contributed by atoms with E-state index in [2.05, 4.69) is 22.9 Å². The van der Waals surface area contributed by atoms with Crippen LogP contribution in [0.15, 0.2) is 55.1 Å². The molecule has 5 nitrogen and oxygen atoms in total. The van der Waals surface area contributed by atoms with Crippen LogP contribution >= 0.6 is 0 Å². The molecule has 5 heteroatoms. The first-order valence-corrected chi connectivity index (χ1v) is 9.25. The third-order valence-electron chi connectivity index (χ3n) is 4.57. The van der Waals surface area contributed by atoms with E-state index in [9.17, 15) is 4.79 Å². The molecule has 1 fully saturated rings. The minimum Gasteiger partial charge on any atom is -0.493 e. The molecule has 2 aromatic rings. The predicted molar refractivity (Wildman–Crippen MR) is 109 cm³/mol. The van der Waals surface area contributed by atoms with Crippen molar-refractivity contribution in [1.82, 2.24) is 0 Å². The van der Waals surface area contributed by atoms with Crippen molar-refractivity contribution in [3.63, 3.8) is 0 Å². The zero-order valence-electron chi connectivity index (χ0n) is 15.7.